The first-order chi connectivity index (χ1) is 5.25. The third-order valence-corrected chi connectivity index (χ3v) is 2.80. The van der Waals surface area contributed by atoms with Crippen LogP contribution in [0.3, 0.4) is 0 Å². The molecule has 1 rings (SSSR count). The Morgan fingerprint density at radius 1 is 1.73 bits per heavy atom. The molecular weight excluding hydrogens is 154 g/mol. The Hall–Kier alpha value is -0.600. The van der Waals surface area contributed by atoms with Crippen molar-refractivity contribution >= 4 is 16.9 Å². The van der Waals surface area contributed by atoms with Gasteiger partial charge in [0.1, 0.15) is 0 Å². The summed E-state index contributed by atoms with van der Waals surface area (Å²) >= 11 is 1.77. The second-order valence-corrected chi connectivity index (χ2v) is 3.47. The molecule has 0 aliphatic carbocycles. The molecule has 0 radical (unpaired) electrons. The van der Waals surface area contributed by atoms with Crippen molar-refractivity contribution in [3.63, 3.8) is 0 Å². The van der Waals surface area contributed by atoms with E-state index in [1.165, 1.54) is 16.0 Å². The third-order valence-electron chi connectivity index (χ3n) is 1.64. The van der Waals surface area contributed by atoms with Crippen LogP contribution in [0.5, 0.6) is 0 Å². The Labute approximate surface area is 71.5 Å². The van der Waals surface area contributed by atoms with Crippen LogP contribution < -0.4 is 5.73 Å². The highest BCUT2D eigenvalue weighted by Gasteiger charge is 1.99. The van der Waals surface area contributed by atoms with Crippen molar-refractivity contribution in [1.82, 2.24) is 0 Å². The minimum absolute atomic E-state index is 0.628. The van der Waals surface area contributed by atoms with Gasteiger partial charge in [0.2, 0.25) is 0 Å². The van der Waals surface area contributed by atoms with Gasteiger partial charge in [0, 0.05) is 11.4 Å². The number of thiophene rings is 1. The lowest BCUT2D eigenvalue weighted by Gasteiger charge is -1.97. The maximum atomic E-state index is 5.41. The normalized spacial score (nSPS) is 12.1. The van der Waals surface area contributed by atoms with Crippen molar-refractivity contribution in [2.45, 2.75) is 13.8 Å². The van der Waals surface area contributed by atoms with E-state index in [1.54, 1.807) is 11.3 Å². The van der Waals surface area contributed by atoms with E-state index in [0.29, 0.717) is 6.54 Å². The fourth-order valence-electron chi connectivity index (χ4n) is 1.05. The first kappa shape index (κ1) is 8.50. The minimum atomic E-state index is 0.628. The van der Waals surface area contributed by atoms with Crippen molar-refractivity contribution in [2.75, 3.05) is 6.54 Å². The van der Waals surface area contributed by atoms with Crippen LogP contribution in [0.2, 0.25) is 0 Å². The number of hydrogen-bond acceptors (Lipinski definition) is 2. The molecule has 0 saturated carbocycles. The summed E-state index contributed by atoms with van der Waals surface area (Å²) in [6.07, 6.45) is 2.05. The number of aryl methyl sites for hydroxylation is 1. The van der Waals surface area contributed by atoms with Gasteiger partial charge >= 0.3 is 0 Å². The third kappa shape index (κ3) is 1.91. The van der Waals surface area contributed by atoms with Crippen LogP contribution >= 0.6 is 11.3 Å². The number of hydrogen-bond donors (Lipinski definition) is 1. The predicted octanol–water partition coefficient (Wildman–Crippen LogP) is 2.42. The van der Waals surface area contributed by atoms with E-state index in [-0.39, 0.29) is 0 Å². The molecular formula is C9H13NS. The molecule has 0 aliphatic heterocycles. The van der Waals surface area contributed by atoms with Crippen LogP contribution in [0.25, 0.3) is 5.57 Å². The fourth-order valence-corrected chi connectivity index (χ4v) is 1.98. The lowest BCUT2D eigenvalue weighted by molar-refractivity contribution is 1.25. The van der Waals surface area contributed by atoms with Crippen molar-refractivity contribution in [3.8, 4) is 0 Å². The highest BCUT2D eigenvalue weighted by molar-refractivity contribution is 7.11. The van der Waals surface area contributed by atoms with E-state index in [4.69, 9.17) is 5.73 Å². The molecule has 0 spiro atoms. The molecule has 0 atom stereocenters. The highest BCUT2D eigenvalue weighted by Crippen LogP contribution is 2.23. The summed E-state index contributed by atoms with van der Waals surface area (Å²) in [6, 6.07) is 2.13. The average Bonchev–Trinajstić information content (AvgIpc) is 2.36. The van der Waals surface area contributed by atoms with Crippen molar-refractivity contribution in [1.29, 1.82) is 0 Å². The van der Waals surface area contributed by atoms with Gasteiger partial charge in [-0.2, -0.15) is 0 Å². The molecule has 0 amide bonds. The molecule has 1 aromatic heterocycles. The lowest BCUT2D eigenvalue weighted by Crippen LogP contribution is -1.94. The van der Waals surface area contributed by atoms with Gasteiger partial charge in [0.05, 0.1) is 0 Å². The SMILES string of the molecule is CC(=CCN)c1sccc1C. The highest BCUT2D eigenvalue weighted by atomic mass is 32.1. The first-order valence-electron chi connectivity index (χ1n) is 3.67. The van der Waals surface area contributed by atoms with Crippen LogP contribution in [-0.4, -0.2) is 6.54 Å². The lowest BCUT2D eigenvalue weighted by atomic mass is 10.2. The summed E-state index contributed by atoms with van der Waals surface area (Å²) in [4.78, 5) is 1.36. The maximum Gasteiger partial charge on any atom is 0.0325 e. The monoisotopic (exact) mass is 167 g/mol. The Morgan fingerprint density at radius 3 is 2.91 bits per heavy atom. The Morgan fingerprint density at radius 2 is 2.45 bits per heavy atom. The predicted molar refractivity (Wildman–Crippen MR) is 51.8 cm³/mol. The van der Waals surface area contributed by atoms with Gasteiger partial charge in [0.25, 0.3) is 0 Å². The molecule has 11 heavy (non-hydrogen) atoms. The van der Waals surface area contributed by atoms with Crippen molar-refractivity contribution < 1.29 is 0 Å². The van der Waals surface area contributed by atoms with Crippen LogP contribution in [0.1, 0.15) is 17.4 Å². The van der Waals surface area contributed by atoms with Gasteiger partial charge in [-0.25, -0.2) is 0 Å². The molecule has 0 aliphatic rings. The summed E-state index contributed by atoms with van der Waals surface area (Å²) in [7, 11) is 0. The smallest absolute Gasteiger partial charge is 0.0325 e. The molecule has 1 heterocycles. The molecule has 0 bridgehead atoms. The van der Waals surface area contributed by atoms with Crippen LogP contribution in [0.15, 0.2) is 17.5 Å². The van der Waals surface area contributed by atoms with E-state index in [0.717, 1.165) is 0 Å². The van der Waals surface area contributed by atoms with Crippen LogP contribution in [0.4, 0.5) is 0 Å². The summed E-state index contributed by atoms with van der Waals surface area (Å²) in [6.45, 7) is 4.86. The second kappa shape index (κ2) is 3.69. The van der Waals surface area contributed by atoms with E-state index in [2.05, 4.69) is 31.4 Å². The Balaban J connectivity index is 2.92. The summed E-state index contributed by atoms with van der Waals surface area (Å²) < 4.78 is 0. The van der Waals surface area contributed by atoms with Gasteiger partial charge in [-0.1, -0.05) is 6.08 Å². The molecule has 1 aromatic rings. The van der Waals surface area contributed by atoms with Crippen LogP contribution in [-0.2, 0) is 0 Å². The summed E-state index contributed by atoms with van der Waals surface area (Å²) in [5.74, 6) is 0. The number of allylic oxidation sites excluding steroid dienone is 1. The van der Waals surface area contributed by atoms with Gasteiger partial charge in [0.15, 0.2) is 0 Å². The zero-order valence-electron chi connectivity index (χ0n) is 6.92. The van der Waals surface area contributed by atoms with Crippen molar-refractivity contribution in [2.24, 2.45) is 5.73 Å². The Bertz CT molecular complexity index is 260. The summed E-state index contributed by atoms with van der Waals surface area (Å²) in [5.41, 5.74) is 8.05. The molecule has 60 valence electrons. The van der Waals surface area contributed by atoms with E-state index in [9.17, 15) is 0 Å². The zero-order chi connectivity index (χ0) is 8.27. The fraction of sp³-hybridized carbons (Fsp3) is 0.333. The number of rotatable bonds is 2. The molecule has 2 heteroatoms. The Kier molecular flexibility index (Phi) is 2.85. The largest absolute Gasteiger partial charge is 0.327 e. The van der Waals surface area contributed by atoms with E-state index < -0.39 is 0 Å². The molecule has 2 N–H and O–H groups in total. The molecule has 0 aromatic carbocycles. The maximum absolute atomic E-state index is 5.41. The molecule has 1 nitrogen and oxygen atoms in total. The number of nitrogens with two attached hydrogens (primary N) is 1. The first-order valence-corrected chi connectivity index (χ1v) is 4.55. The summed E-state index contributed by atoms with van der Waals surface area (Å²) in [5, 5.41) is 2.11. The van der Waals surface area contributed by atoms with Gasteiger partial charge in [-0.15, -0.1) is 11.3 Å². The molecule has 0 saturated heterocycles. The zero-order valence-corrected chi connectivity index (χ0v) is 7.74. The van der Waals surface area contributed by atoms with Gasteiger partial charge < -0.3 is 5.73 Å². The van der Waals surface area contributed by atoms with Gasteiger partial charge in [-0.05, 0) is 36.4 Å². The second-order valence-electron chi connectivity index (χ2n) is 2.56. The standard InChI is InChI=1S/C9H13NS/c1-7(3-5-10)9-8(2)4-6-11-9/h3-4,6H,5,10H2,1-2H3. The van der Waals surface area contributed by atoms with E-state index in [1.807, 2.05) is 0 Å². The van der Waals surface area contributed by atoms with Crippen LogP contribution in [0, 0.1) is 6.92 Å². The average molecular weight is 167 g/mol. The van der Waals surface area contributed by atoms with Crippen molar-refractivity contribution in [3.05, 3.63) is 28.0 Å². The van der Waals surface area contributed by atoms with E-state index >= 15 is 0 Å². The minimum Gasteiger partial charge on any atom is -0.327 e. The quantitative estimate of drug-likeness (QED) is 0.719. The molecule has 0 fully saturated rings. The molecule has 0 unspecified atom stereocenters. The van der Waals surface area contributed by atoms with Gasteiger partial charge in [-0.3, -0.25) is 0 Å². The topological polar surface area (TPSA) is 26.0 Å².